The largest absolute Gasteiger partial charge is 0.469 e. The first kappa shape index (κ1) is 24.4. The van der Waals surface area contributed by atoms with Crippen molar-refractivity contribution >= 4 is 21.4 Å². The predicted molar refractivity (Wildman–Crippen MR) is 126 cm³/mol. The number of carbonyl (C=O) groups is 2. The Bertz CT molecular complexity index is 1310. The number of hydrogen-bond acceptors (Lipinski definition) is 6. The molecule has 0 N–H and O–H groups in total. The van der Waals surface area contributed by atoms with E-state index in [1.54, 1.807) is 55.8 Å². The molecule has 3 aromatic rings. The van der Waals surface area contributed by atoms with E-state index in [0.29, 0.717) is 34.4 Å². The summed E-state index contributed by atoms with van der Waals surface area (Å²) in [5.74, 6) is -0.310. The average Bonchev–Trinajstić information content (AvgIpc) is 3.16. The molecule has 0 saturated heterocycles. The van der Waals surface area contributed by atoms with Crippen LogP contribution in [-0.2, 0) is 16.4 Å². The summed E-state index contributed by atoms with van der Waals surface area (Å²) in [7, 11) is -3.44. The van der Waals surface area contributed by atoms with Crippen molar-refractivity contribution in [1.82, 2.24) is 9.78 Å². The standard InChI is InChI=1S/C25H28N2O5S/c1-6-12-27-25(32-15-22(28)19-10-8-7-9-11-19)21(14-26-27)23(29)20-13-16(2)24(33(5,30)31)18(4)17(20)3/h7-11,13-14H,6,12,15H2,1-5H3. The van der Waals surface area contributed by atoms with Crippen LogP contribution >= 0.6 is 0 Å². The number of ether oxygens (including phenoxy) is 1. The lowest BCUT2D eigenvalue weighted by Crippen LogP contribution is -2.16. The highest BCUT2D eigenvalue weighted by Crippen LogP contribution is 2.30. The molecule has 0 fully saturated rings. The van der Waals surface area contributed by atoms with Gasteiger partial charge in [0.1, 0.15) is 5.56 Å². The van der Waals surface area contributed by atoms with Gasteiger partial charge in [0.25, 0.3) is 0 Å². The second-order valence-electron chi connectivity index (χ2n) is 8.09. The van der Waals surface area contributed by atoms with Gasteiger partial charge >= 0.3 is 0 Å². The Morgan fingerprint density at radius 3 is 2.30 bits per heavy atom. The molecule has 7 nitrogen and oxygen atoms in total. The molecule has 33 heavy (non-hydrogen) atoms. The summed E-state index contributed by atoms with van der Waals surface area (Å²) >= 11 is 0. The molecule has 0 spiro atoms. The van der Waals surface area contributed by atoms with Gasteiger partial charge in [-0.1, -0.05) is 37.3 Å². The van der Waals surface area contributed by atoms with Gasteiger partial charge < -0.3 is 4.74 Å². The van der Waals surface area contributed by atoms with Crippen LogP contribution in [0.1, 0.15) is 56.3 Å². The molecule has 0 atom stereocenters. The summed E-state index contributed by atoms with van der Waals surface area (Å²) in [6.45, 7) is 7.37. The van der Waals surface area contributed by atoms with E-state index in [1.165, 1.54) is 6.20 Å². The first-order valence-corrected chi connectivity index (χ1v) is 12.6. The SMILES string of the molecule is CCCn1ncc(C(=O)c2cc(C)c(S(C)(=O)=O)c(C)c2C)c1OCC(=O)c1ccccc1. The van der Waals surface area contributed by atoms with E-state index in [-0.39, 0.29) is 34.5 Å². The average molecular weight is 469 g/mol. The molecular weight excluding hydrogens is 440 g/mol. The number of nitrogens with zero attached hydrogens (tertiary/aromatic N) is 2. The molecule has 0 aliphatic rings. The smallest absolute Gasteiger partial charge is 0.223 e. The number of aromatic nitrogens is 2. The second kappa shape index (κ2) is 9.70. The fourth-order valence-electron chi connectivity index (χ4n) is 3.90. The van der Waals surface area contributed by atoms with Crippen LogP contribution in [0.15, 0.2) is 47.5 Å². The van der Waals surface area contributed by atoms with Gasteiger partial charge in [0.05, 0.1) is 11.1 Å². The normalized spacial score (nSPS) is 11.4. The van der Waals surface area contributed by atoms with Crippen molar-refractivity contribution in [2.45, 2.75) is 45.6 Å². The van der Waals surface area contributed by atoms with Crippen LogP contribution < -0.4 is 4.74 Å². The first-order valence-electron chi connectivity index (χ1n) is 10.7. The number of ketones is 2. The lowest BCUT2D eigenvalue weighted by molar-refractivity contribution is 0.0906. The number of rotatable bonds is 9. The zero-order valence-electron chi connectivity index (χ0n) is 19.5. The van der Waals surface area contributed by atoms with Gasteiger partial charge in [-0.05, 0) is 49.9 Å². The van der Waals surface area contributed by atoms with Gasteiger partial charge in [0.2, 0.25) is 5.88 Å². The molecule has 2 aromatic carbocycles. The Hall–Kier alpha value is -3.26. The van der Waals surface area contributed by atoms with Crippen molar-refractivity contribution in [2.24, 2.45) is 0 Å². The molecule has 0 unspecified atom stereocenters. The summed E-state index contributed by atoms with van der Waals surface area (Å²) in [6, 6.07) is 10.4. The number of Topliss-reactive ketones (excluding diaryl/α,β-unsaturated/α-hetero) is 1. The van der Waals surface area contributed by atoms with Crippen LogP contribution in [-0.4, -0.2) is 42.6 Å². The number of carbonyl (C=O) groups excluding carboxylic acids is 2. The van der Waals surface area contributed by atoms with Crippen LogP contribution in [0.2, 0.25) is 0 Å². The van der Waals surface area contributed by atoms with Crippen molar-refractivity contribution in [3.8, 4) is 5.88 Å². The van der Waals surface area contributed by atoms with E-state index >= 15 is 0 Å². The Kier molecular flexibility index (Phi) is 7.17. The first-order chi connectivity index (χ1) is 15.6. The monoisotopic (exact) mass is 468 g/mol. The van der Waals surface area contributed by atoms with Crippen LogP contribution in [0.25, 0.3) is 0 Å². The third kappa shape index (κ3) is 5.06. The summed E-state index contributed by atoms with van der Waals surface area (Å²) in [5, 5.41) is 4.30. The van der Waals surface area contributed by atoms with Gasteiger partial charge in [0, 0.05) is 23.9 Å². The summed E-state index contributed by atoms with van der Waals surface area (Å²) in [4.78, 5) is 26.3. The maximum atomic E-state index is 13.5. The summed E-state index contributed by atoms with van der Waals surface area (Å²) < 4.78 is 31.9. The van der Waals surface area contributed by atoms with E-state index in [0.717, 1.165) is 12.7 Å². The van der Waals surface area contributed by atoms with Crippen molar-refractivity contribution < 1.29 is 22.7 Å². The van der Waals surface area contributed by atoms with Crippen LogP contribution in [0.3, 0.4) is 0 Å². The maximum absolute atomic E-state index is 13.5. The molecule has 1 heterocycles. The van der Waals surface area contributed by atoms with Crippen molar-refractivity contribution in [3.05, 3.63) is 76.0 Å². The Morgan fingerprint density at radius 1 is 1.03 bits per heavy atom. The van der Waals surface area contributed by atoms with Crippen molar-refractivity contribution in [2.75, 3.05) is 12.9 Å². The number of benzene rings is 2. The molecule has 3 rings (SSSR count). The van der Waals surface area contributed by atoms with Crippen LogP contribution in [0.4, 0.5) is 0 Å². The zero-order valence-corrected chi connectivity index (χ0v) is 20.3. The Balaban J connectivity index is 2.00. The molecule has 0 amide bonds. The third-order valence-electron chi connectivity index (χ3n) is 5.55. The van der Waals surface area contributed by atoms with E-state index in [1.807, 2.05) is 13.0 Å². The Morgan fingerprint density at radius 2 is 1.70 bits per heavy atom. The second-order valence-corrected chi connectivity index (χ2v) is 10.0. The van der Waals surface area contributed by atoms with Crippen LogP contribution in [0.5, 0.6) is 5.88 Å². The van der Waals surface area contributed by atoms with E-state index in [4.69, 9.17) is 4.74 Å². The van der Waals surface area contributed by atoms with Crippen molar-refractivity contribution in [1.29, 1.82) is 0 Å². The highest BCUT2D eigenvalue weighted by atomic mass is 32.2. The molecule has 1 aromatic heterocycles. The fourth-order valence-corrected chi connectivity index (χ4v) is 5.26. The van der Waals surface area contributed by atoms with Gasteiger partial charge in [-0.15, -0.1) is 0 Å². The summed E-state index contributed by atoms with van der Waals surface area (Å²) in [6.07, 6.45) is 3.36. The van der Waals surface area contributed by atoms with Gasteiger partial charge in [-0.25, -0.2) is 13.1 Å². The van der Waals surface area contributed by atoms with E-state index in [2.05, 4.69) is 5.10 Å². The van der Waals surface area contributed by atoms with E-state index < -0.39 is 9.84 Å². The lowest BCUT2D eigenvalue weighted by Gasteiger charge is -2.15. The van der Waals surface area contributed by atoms with Gasteiger partial charge in [0.15, 0.2) is 28.0 Å². The summed E-state index contributed by atoms with van der Waals surface area (Å²) in [5.41, 5.74) is 2.77. The molecule has 0 bridgehead atoms. The molecule has 0 radical (unpaired) electrons. The number of aryl methyl sites for hydroxylation is 2. The van der Waals surface area contributed by atoms with Gasteiger partial charge in [-0.3, -0.25) is 9.59 Å². The molecule has 0 saturated carbocycles. The minimum Gasteiger partial charge on any atom is -0.469 e. The number of sulfone groups is 1. The topological polar surface area (TPSA) is 95.3 Å². The number of hydrogen-bond donors (Lipinski definition) is 0. The highest BCUT2D eigenvalue weighted by molar-refractivity contribution is 7.90. The van der Waals surface area contributed by atoms with Crippen molar-refractivity contribution in [3.63, 3.8) is 0 Å². The van der Waals surface area contributed by atoms with Gasteiger partial charge in [-0.2, -0.15) is 5.10 Å². The highest BCUT2D eigenvalue weighted by Gasteiger charge is 2.26. The maximum Gasteiger partial charge on any atom is 0.223 e. The zero-order chi connectivity index (χ0) is 24.3. The minimum atomic E-state index is -3.44. The molecule has 0 aliphatic heterocycles. The molecule has 174 valence electrons. The molecule has 0 aliphatic carbocycles. The molecule has 8 heteroatoms. The lowest BCUT2D eigenvalue weighted by atomic mass is 9.95. The Labute approximate surface area is 194 Å². The minimum absolute atomic E-state index is 0.210. The fraction of sp³-hybridized carbons (Fsp3) is 0.320. The quantitative estimate of drug-likeness (QED) is 0.439. The van der Waals surface area contributed by atoms with Crippen LogP contribution in [0, 0.1) is 20.8 Å². The molecular formula is C25H28N2O5S. The predicted octanol–water partition coefficient (Wildman–Crippen LogP) is 4.11. The van der Waals surface area contributed by atoms with E-state index in [9.17, 15) is 18.0 Å². The third-order valence-corrected chi connectivity index (χ3v) is 6.92.